The molecule has 0 aliphatic heterocycles. The van der Waals surface area contributed by atoms with E-state index in [0.717, 1.165) is 11.6 Å². The Kier molecular flexibility index (Phi) is 4.53. The number of aromatic nitrogens is 2. The molecular formula is C15H26N4. The second-order valence-electron chi connectivity index (χ2n) is 6.03. The SMILES string of the molecule is CNC(c1cnccn1)C1(N(C)C)CCC(C)CC1. The van der Waals surface area contributed by atoms with E-state index in [1.165, 1.54) is 25.7 Å². The standard InChI is InChI=1S/C15H26N4/c1-12-5-7-15(8-6-12,19(3)4)14(16-2)13-11-17-9-10-18-13/h9-12,14,16H,5-8H2,1-4H3. The Morgan fingerprint density at radius 1 is 1.32 bits per heavy atom. The lowest BCUT2D eigenvalue weighted by Crippen LogP contribution is -2.55. The van der Waals surface area contributed by atoms with Gasteiger partial charge in [-0.05, 0) is 52.7 Å². The van der Waals surface area contributed by atoms with Gasteiger partial charge in [-0.3, -0.25) is 9.97 Å². The highest BCUT2D eigenvalue weighted by atomic mass is 15.2. The molecule has 4 nitrogen and oxygen atoms in total. The van der Waals surface area contributed by atoms with Crippen LogP contribution in [0.2, 0.25) is 0 Å². The van der Waals surface area contributed by atoms with E-state index in [9.17, 15) is 0 Å². The van der Waals surface area contributed by atoms with Crippen LogP contribution in [0.1, 0.15) is 44.3 Å². The molecule has 4 heteroatoms. The summed E-state index contributed by atoms with van der Waals surface area (Å²) in [5, 5.41) is 3.48. The van der Waals surface area contributed by atoms with Gasteiger partial charge in [-0.1, -0.05) is 6.92 Å². The van der Waals surface area contributed by atoms with E-state index in [4.69, 9.17) is 0 Å². The van der Waals surface area contributed by atoms with Gasteiger partial charge in [0.25, 0.3) is 0 Å². The van der Waals surface area contributed by atoms with Crippen LogP contribution < -0.4 is 5.32 Å². The average Bonchev–Trinajstić information content (AvgIpc) is 2.43. The molecule has 0 bridgehead atoms. The first-order valence-corrected chi connectivity index (χ1v) is 7.21. The third-order valence-electron chi connectivity index (χ3n) is 4.74. The zero-order valence-electron chi connectivity index (χ0n) is 12.6. The Morgan fingerprint density at radius 2 is 2.00 bits per heavy atom. The fraction of sp³-hybridized carbons (Fsp3) is 0.733. The number of rotatable bonds is 4. The highest BCUT2D eigenvalue weighted by Gasteiger charge is 2.43. The molecule has 1 aliphatic carbocycles. The molecule has 0 saturated heterocycles. The minimum absolute atomic E-state index is 0.150. The summed E-state index contributed by atoms with van der Waals surface area (Å²) in [5.74, 6) is 0.840. The Bertz CT molecular complexity index is 382. The van der Waals surface area contributed by atoms with Crippen LogP contribution in [0.3, 0.4) is 0 Å². The highest BCUT2D eigenvalue weighted by molar-refractivity contribution is 5.13. The Hall–Kier alpha value is -1.00. The topological polar surface area (TPSA) is 41.1 Å². The van der Waals surface area contributed by atoms with Gasteiger partial charge in [-0.15, -0.1) is 0 Å². The summed E-state index contributed by atoms with van der Waals surface area (Å²) in [6.07, 6.45) is 10.4. The summed E-state index contributed by atoms with van der Waals surface area (Å²) in [6, 6.07) is 0.240. The van der Waals surface area contributed by atoms with Gasteiger partial charge in [-0.25, -0.2) is 0 Å². The molecule has 0 aromatic carbocycles. The normalized spacial score (nSPS) is 29.4. The Balaban J connectivity index is 2.31. The molecule has 1 aromatic rings. The van der Waals surface area contributed by atoms with Crippen molar-refractivity contribution in [2.24, 2.45) is 5.92 Å². The van der Waals surface area contributed by atoms with E-state index < -0.39 is 0 Å². The number of hydrogen-bond donors (Lipinski definition) is 1. The lowest BCUT2D eigenvalue weighted by molar-refractivity contribution is 0.0440. The molecule has 0 amide bonds. The third-order valence-corrected chi connectivity index (χ3v) is 4.74. The number of nitrogens with one attached hydrogen (secondary N) is 1. The predicted molar refractivity (Wildman–Crippen MR) is 77.9 cm³/mol. The maximum atomic E-state index is 4.52. The van der Waals surface area contributed by atoms with Crippen molar-refractivity contribution in [3.63, 3.8) is 0 Å². The first kappa shape index (κ1) is 14.4. The largest absolute Gasteiger partial charge is 0.310 e. The molecule has 0 spiro atoms. The fourth-order valence-electron chi connectivity index (χ4n) is 3.41. The maximum Gasteiger partial charge on any atom is 0.0774 e. The van der Waals surface area contributed by atoms with Crippen LogP contribution in [0.15, 0.2) is 18.6 Å². The van der Waals surface area contributed by atoms with Crippen molar-refractivity contribution in [1.82, 2.24) is 20.2 Å². The van der Waals surface area contributed by atoms with Crippen LogP contribution in [0.25, 0.3) is 0 Å². The molecule has 1 fully saturated rings. The van der Waals surface area contributed by atoms with E-state index in [0.29, 0.717) is 0 Å². The van der Waals surface area contributed by atoms with E-state index in [2.05, 4.69) is 41.2 Å². The van der Waals surface area contributed by atoms with Crippen molar-refractivity contribution >= 4 is 0 Å². The lowest BCUT2D eigenvalue weighted by Gasteiger charge is -2.49. The average molecular weight is 262 g/mol. The summed E-state index contributed by atoms with van der Waals surface area (Å²) in [6.45, 7) is 2.36. The van der Waals surface area contributed by atoms with Crippen LogP contribution in [-0.4, -0.2) is 41.5 Å². The molecule has 0 radical (unpaired) electrons. The van der Waals surface area contributed by atoms with Gasteiger partial charge in [0, 0.05) is 17.9 Å². The number of nitrogens with zero attached hydrogens (tertiary/aromatic N) is 3. The monoisotopic (exact) mass is 262 g/mol. The first-order chi connectivity index (χ1) is 9.10. The molecule has 1 saturated carbocycles. The molecule has 106 valence electrons. The van der Waals surface area contributed by atoms with Gasteiger partial charge in [-0.2, -0.15) is 0 Å². The van der Waals surface area contributed by atoms with Crippen molar-refractivity contribution in [2.45, 2.75) is 44.2 Å². The zero-order chi connectivity index (χ0) is 13.9. The van der Waals surface area contributed by atoms with Gasteiger partial charge < -0.3 is 10.2 Å². The molecule has 1 aromatic heterocycles. The van der Waals surface area contributed by atoms with E-state index in [1.807, 2.05) is 13.2 Å². The van der Waals surface area contributed by atoms with Crippen LogP contribution in [0, 0.1) is 5.92 Å². The first-order valence-electron chi connectivity index (χ1n) is 7.21. The third kappa shape index (κ3) is 2.79. The van der Waals surface area contributed by atoms with E-state index in [1.54, 1.807) is 12.4 Å². The van der Waals surface area contributed by atoms with E-state index in [-0.39, 0.29) is 11.6 Å². The van der Waals surface area contributed by atoms with Gasteiger partial charge in [0.05, 0.1) is 17.9 Å². The van der Waals surface area contributed by atoms with Crippen molar-refractivity contribution in [2.75, 3.05) is 21.1 Å². The molecule has 2 rings (SSSR count). The molecule has 1 aliphatic rings. The smallest absolute Gasteiger partial charge is 0.0774 e. The molecule has 1 atom stereocenters. The molecule has 1 heterocycles. The summed E-state index contributed by atoms with van der Waals surface area (Å²) >= 11 is 0. The van der Waals surface area contributed by atoms with E-state index >= 15 is 0 Å². The second-order valence-corrected chi connectivity index (χ2v) is 6.03. The number of hydrogen-bond acceptors (Lipinski definition) is 4. The molecule has 1 N–H and O–H groups in total. The lowest BCUT2D eigenvalue weighted by atomic mass is 9.71. The summed E-state index contributed by atoms with van der Waals surface area (Å²) in [5.41, 5.74) is 1.20. The second kappa shape index (κ2) is 5.97. The summed E-state index contributed by atoms with van der Waals surface area (Å²) in [7, 11) is 6.41. The molecular weight excluding hydrogens is 236 g/mol. The van der Waals surface area contributed by atoms with Crippen LogP contribution in [-0.2, 0) is 0 Å². The van der Waals surface area contributed by atoms with Crippen LogP contribution in [0.4, 0.5) is 0 Å². The van der Waals surface area contributed by atoms with Gasteiger partial charge in [0.1, 0.15) is 0 Å². The van der Waals surface area contributed by atoms with Crippen molar-refractivity contribution in [3.05, 3.63) is 24.3 Å². The molecule has 1 unspecified atom stereocenters. The minimum Gasteiger partial charge on any atom is -0.310 e. The predicted octanol–water partition coefficient (Wildman–Crippen LogP) is 2.25. The van der Waals surface area contributed by atoms with Crippen molar-refractivity contribution < 1.29 is 0 Å². The minimum atomic E-state index is 0.150. The van der Waals surface area contributed by atoms with Gasteiger partial charge in [0.2, 0.25) is 0 Å². The van der Waals surface area contributed by atoms with Crippen LogP contribution >= 0.6 is 0 Å². The Morgan fingerprint density at radius 3 is 2.47 bits per heavy atom. The molecule has 19 heavy (non-hydrogen) atoms. The highest BCUT2D eigenvalue weighted by Crippen LogP contribution is 2.42. The maximum absolute atomic E-state index is 4.52. The van der Waals surface area contributed by atoms with Crippen LogP contribution in [0.5, 0.6) is 0 Å². The summed E-state index contributed by atoms with van der Waals surface area (Å²) < 4.78 is 0. The fourth-order valence-corrected chi connectivity index (χ4v) is 3.41. The zero-order valence-corrected chi connectivity index (χ0v) is 12.6. The van der Waals surface area contributed by atoms with Crippen molar-refractivity contribution in [1.29, 1.82) is 0 Å². The number of likely N-dealkylation sites (N-methyl/N-ethyl adjacent to an activating group) is 2. The van der Waals surface area contributed by atoms with Gasteiger partial charge >= 0.3 is 0 Å². The summed E-state index contributed by atoms with van der Waals surface area (Å²) in [4.78, 5) is 11.1. The van der Waals surface area contributed by atoms with Gasteiger partial charge in [0.15, 0.2) is 0 Å². The van der Waals surface area contributed by atoms with Crippen molar-refractivity contribution in [3.8, 4) is 0 Å². The Labute approximate surface area is 116 Å². The quantitative estimate of drug-likeness (QED) is 0.903.